The van der Waals surface area contributed by atoms with E-state index in [1.54, 1.807) is 11.3 Å². The topological polar surface area (TPSA) is 46.0 Å². The number of hydrogen-bond acceptors (Lipinski definition) is 5. The molecular weight excluding hydrogens is 246 g/mol. The number of thiazole rings is 1. The minimum atomic E-state index is 0.775. The van der Waals surface area contributed by atoms with Crippen molar-refractivity contribution < 1.29 is 0 Å². The van der Waals surface area contributed by atoms with Crippen LogP contribution in [0.15, 0.2) is 17.8 Å². The SMILES string of the molecule is CCNCc1csc(N(C)Cc2nccn2C)n1. The van der Waals surface area contributed by atoms with Crippen LogP contribution in [0, 0.1) is 0 Å². The smallest absolute Gasteiger partial charge is 0.185 e. The summed E-state index contributed by atoms with van der Waals surface area (Å²) in [6.45, 7) is 4.68. The molecule has 2 heterocycles. The molecule has 0 radical (unpaired) electrons. The van der Waals surface area contributed by atoms with Crippen LogP contribution >= 0.6 is 11.3 Å². The summed E-state index contributed by atoms with van der Waals surface area (Å²) in [7, 11) is 4.05. The van der Waals surface area contributed by atoms with Gasteiger partial charge in [0, 0.05) is 38.4 Å². The van der Waals surface area contributed by atoms with Crippen molar-refractivity contribution in [2.45, 2.75) is 20.0 Å². The Bertz CT molecular complexity index is 490. The van der Waals surface area contributed by atoms with E-state index in [9.17, 15) is 0 Å². The first-order valence-electron chi connectivity index (χ1n) is 6.03. The summed E-state index contributed by atoms with van der Waals surface area (Å²) >= 11 is 1.67. The van der Waals surface area contributed by atoms with E-state index < -0.39 is 0 Å². The van der Waals surface area contributed by atoms with E-state index in [1.165, 1.54) is 0 Å². The fraction of sp³-hybridized carbons (Fsp3) is 0.500. The molecule has 0 fully saturated rings. The Kier molecular flexibility index (Phi) is 4.33. The Morgan fingerprint density at radius 3 is 3.00 bits per heavy atom. The van der Waals surface area contributed by atoms with Crippen molar-refractivity contribution in [3.63, 3.8) is 0 Å². The fourth-order valence-electron chi connectivity index (χ4n) is 1.63. The molecule has 0 bridgehead atoms. The molecule has 0 spiro atoms. The maximum Gasteiger partial charge on any atom is 0.185 e. The summed E-state index contributed by atoms with van der Waals surface area (Å²) in [5.41, 5.74) is 1.10. The Morgan fingerprint density at radius 2 is 2.33 bits per heavy atom. The first-order valence-corrected chi connectivity index (χ1v) is 6.91. The van der Waals surface area contributed by atoms with Gasteiger partial charge in [0.05, 0.1) is 12.2 Å². The number of nitrogens with one attached hydrogen (secondary N) is 1. The van der Waals surface area contributed by atoms with Crippen molar-refractivity contribution in [1.29, 1.82) is 0 Å². The van der Waals surface area contributed by atoms with Gasteiger partial charge in [-0.2, -0.15) is 0 Å². The van der Waals surface area contributed by atoms with Crippen LogP contribution in [0.25, 0.3) is 0 Å². The molecule has 98 valence electrons. The van der Waals surface area contributed by atoms with Gasteiger partial charge in [0.15, 0.2) is 5.13 Å². The normalized spacial score (nSPS) is 10.8. The van der Waals surface area contributed by atoms with Crippen LogP contribution in [0.4, 0.5) is 5.13 Å². The number of nitrogens with zero attached hydrogens (tertiary/aromatic N) is 4. The Labute approximate surface area is 111 Å². The van der Waals surface area contributed by atoms with Crippen LogP contribution in [-0.4, -0.2) is 28.1 Å². The van der Waals surface area contributed by atoms with Crippen molar-refractivity contribution in [3.05, 3.63) is 29.3 Å². The number of aromatic nitrogens is 3. The van der Waals surface area contributed by atoms with Crippen LogP contribution in [0.1, 0.15) is 18.4 Å². The molecule has 0 aromatic carbocycles. The lowest BCUT2D eigenvalue weighted by Crippen LogP contribution is -2.19. The molecular formula is C12H19N5S. The molecule has 2 aromatic rings. The zero-order valence-corrected chi connectivity index (χ0v) is 11.9. The van der Waals surface area contributed by atoms with Crippen molar-refractivity contribution in [1.82, 2.24) is 19.9 Å². The van der Waals surface area contributed by atoms with Gasteiger partial charge in [-0.3, -0.25) is 0 Å². The lowest BCUT2D eigenvalue weighted by Gasteiger charge is -2.15. The second-order valence-corrected chi connectivity index (χ2v) is 5.05. The number of anilines is 1. The number of aryl methyl sites for hydroxylation is 1. The second kappa shape index (κ2) is 5.97. The summed E-state index contributed by atoms with van der Waals surface area (Å²) in [6.07, 6.45) is 3.78. The number of imidazole rings is 1. The molecule has 0 amide bonds. The van der Waals surface area contributed by atoms with Gasteiger partial charge in [-0.1, -0.05) is 6.92 Å². The molecule has 18 heavy (non-hydrogen) atoms. The summed E-state index contributed by atoms with van der Waals surface area (Å²) < 4.78 is 2.03. The van der Waals surface area contributed by atoms with E-state index in [4.69, 9.17) is 0 Å². The van der Waals surface area contributed by atoms with Gasteiger partial charge in [-0.25, -0.2) is 9.97 Å². The molecule has 0 aliphatic heterocycles. The molecule has 1 N–H and O–H groups in total. The van der Waals surface area contributed by atoms with Crippen molar-refractivity contribution in [3.8, 4) is 0 Å². The summed E-state index contributed by atoms with van der Waals surface area (Å²) in [5, 5.41) is 6.42. The van der Waals surface area contributed by atoms with Crippen LogP contribution in [0.2, 0.25) is 0 Å². The van der Waals surface area contributed by atoms with E-state index in [0.29, 0.717) is 0 Å². The molecule has 6 heteroatoms. The van der Waals surface area contributed by atoms with Crippen LogP contribution in [0.5, 0.6) is 0 Å². The van der Waals surface area contributed by atoms with Crippen LogP contribution < -0.4 is 10.2 Å². The molecule has 0 saturated carbocycles. The van der Waals surface area contributed by atoms with E-state index in [2.05, 4.69) is 32.5 Å². The van der Waals surface area contributed by atoms with Crippen molar-refractivity contribution in [2.75, 3.05) is 18.5 Å². The van der Waals surface area contributed by atoms with E-state index >= 15 is 0 Å². The van der Waals surface area contributed by atoms with Crippen molar-refractivity contribution >= 4 is 16.5 Å². The van der Waals surface area contributed by atoms with Gasteiger partial charge < -0.3 is 14.8 Å². The average Bonchev–Trinajstić information content (AvgIpc) is 2.97. The molecule has 2 rings (SSSR count). The fourth-order valence-corrected chi connectivity index (χ4v) is 2.43. The second-order valence-electron chi connectivity index (χ2n) is 4.21. The minimum absolute atomic E-state index is 0.775. The van der Waals surface area contributed by atoms with Gasteiger partial charge in [0.1, 0.15) is 5.82 Å². The first-order chi connectivity index (χ1) is 8.70. The summed E-state index contributed by atoms with van der Waals surface area (Å²) in [4.78, 5) is 11.1. The predicted octanol–water partition coefficient (Wildman–Crippen LogP) is 1.62. The van der Waals surface area contributed by atoms with E-state index in [0.717, 1.165) is 36.3 Å². The summed E-state index contributed by atoms with van der Waals surface area (Å²) in [6, 6.07) is 0. The summed E-state index contributed by atoms with van der Waals surface area (Å²) in [5.74, 6) is 1.04. The highest BCUT2D eigenvalue weighted by Gasteiger charge is 2.09. The third-order valence-corrected chi connectivity index (χ3v) is 3.73. The molecule has 0 saturated heterocycles. The molecule has 0 aliphatic carbocycles. The van der Waals surface area contributed by atoms with Gasteiger partial charge in [0.25, 0.3) is 0 Å². The highest BCUT2D eigenvalue weighted by molar-refractivity contribution is 7.13. The molecule has 0 aliphatic rings. The van der Waals surface area contributed by atoms with Crippen molar-refractivity contribution in [2.24, 2.45) is 7.05 Å². The Hall–Kier alpha value is -1.40. The van der Waals surface area contributed by atoms with Crippen LogP contribution in [0.3, 0.4) is 0 Å². The zero-order valence-electron chi connectivity index (χ0n) is 11.1. The number of rotatable bonds is 6. The predicted molar refractivity (Wildman–Crippen MR) is 74.8 cm³/mol. The highest BCUT2D eigenvalue weighted by atomic mass is 32.1. The van der Waals surface area contributed by atoms with Gasteiger partial charge in [0.2, 0.25) is 0 Å². The third-order valence-electron chi connectivity index (χ3n) is 2.72. The monoisotopic (exact) mass is 265 g/mol. The Morgan fingerprint density at radius 1 is 1.50 bits per heavy atom. The van der Waals surface area contributed by atoms with E-state index in [-0.39, 0.29) is 0 Å². The quantitative estimate of drug-likeness (QED) is 0.862. The standard InChI is InChI=1S/C12H19N5S/c1-4-13-7-10-9-18-12(15-10)17(3)8-11-14-5-6-16(11)2/h5-6,9,13H,4,7-8H2,1-3H3. The van der Waals surface area contributed by atoms with Gasteiger partial charge in [-0.05, 0) is 6.54 Å². The maximum atomic E-state index is 4.60. The number of hydrogen-bond donors (Lipinski definition) is 1. The first kappa shape index (κ1) is 13.0. The minimum Gasteiger partial charge on any atom is -0.344 e. The third kappa shape index (κ3) is 3.08. The zero-order chi connectivity index (χ0) is 13.0. The highest BCUT2D eigenvalue weighted by Crippen LogP contribution is 2.20. The largest absolute Gasteiger partial charge is 0.344 e. The lowest BCUT2D eigenvalue weighted by atomic mass is 10.5. The molecule has 0 atom stereocenters. The molecule has 0 unspecified atom stereocenters. The maximum absolute atomic E-state index is 4.60. The van der Waals surface area contributed by atoms with Gasteiger partial charge in [-0.15, -0.1) is 11.3 Å². The lowest BCUT2D eigenvalue weighted by molar-refractivity contribution is 0.711. The average molecular weight is 265 g/mol. The van der Waals surface area contributed by atoms with E-state index in [1.807, 2.05) is 31.1 Å². The van der Waals surface area contributed by atoms with Crippen LogP contribution in [-0.2, 0) is 20.1 Å². The molecule has 5 nitrogen and oxygen atoms in total. The van der Waals surface area contributed by atoms with Gasteiger partial charge >= 0.3 is 0 Å². The molecule has 2 aromatic heterocycles. The Balaban J connectivity index is 1.98.